The van der Waals surface area contributed by atoms with Gasteiger partial charge in [-0.05, 0) is 81.5 Å². The number of fused-ring (bicyclic) bond motifs is 3. The molecule has 6 rings (SSSR count). The molecule has 1 amide bonds. The predicted octanol–water partition coefficient (Wildman–Crippen LogP) is 5.72. The average Bonchev–Trinajstić information content (AvgIpc) is 3.64. The third kappa shape index (κ3) is 5.07. The zero-order valence-electron chi connectivity index (χ0n) is 21.6. The quantitative estimate of drug-likeness (QED) is 0.296. The molecule has 2 N–H and O–H groups in total. The van der Waals surface area contributed by atoms with Crippen LogP contribution >= 0.6 is 11.3 Å². The van der Waals surface area contributed by atoms with E-state index in [2.05, 4.69) is 22.5 Å². The van der Waals surface area contributed by atoms with Crippen molar-refractivity contribution < 1.29 is 13.6 Å². The molecule has 38 heavy (non-hydrogen) atoms. The molecule has 6 nitrogen and oxygen atoms in total. The van der Waals surface area contributed by atoms with Crippen LogP contribution in [-0.2, 0) is 0 Å². The molecule has 2 fully saturated rings. The number of nitrogens with one attached hydrogen (secondary N) is 2. The molecule has 2 aromatic heterocycles. The Morgan fingerprint density at radius 2 is 2.13 bits per heavy atom. The van der Waals surface area contributed by atoms with Crippen LogP contribution in [0, 0.1) is 5.82 Å². The summed E-state index contributed by atoms with van der Waals surface area (Å²) in [6, 6.07) is 11.6. The van der Waals surface area contributed by atoms with Crippen molar-refractivity contribution in [2.45, 2.75) is 57.3 Å². The van der Waals surface area contributed by atoms with Gasteiger partial charge in [-0.3, -0.25) is 9.20 Å². The lowest BCUT2D eigenvalue weighted by atomic mass is 10.0. The number of hydrogen-bond donors (Lipinski definition) is 2. The van der Waals surface area contributed by atoms with Gasteiger partial charge in [-0.2, -0.15) is 0 Å². The Morgan fingerprint density at radius 1 is 1.24 bits per heavy atom. The lowest BCUT2D eigenvalue weighted by Gasteiger charge is -2.34. The Hall–Kier alpha value is -2.88. The van der Waals surface area contributed by atoms with Crippen LogP contribution in [0.2, 0.25) is 0 Å². The molecular weight excluding hydrogens is 504 g/mol. The highest BCUT2D eigenvalue weighted by Gasteiger charge is 2.24. The van der Waals surface area contributed by atoms with E-state index in [1.807, 2.05) is 40.9 Å². The van der Waals surface area contributed by atoms with Crippen LogP contribution in [0.3, 0.4) is 0 Å². The van der Waals surface area contributed by atoms with E-state index >= 15 is 4.39 Å². The fourth-order valence-corrected chi connectivity index (χ4v) is 6.83. The second-order valence-electron chi connectivity index (χ2n) is 10.6. The molecule has 4 heterocycles. The van der Waals surface area contributed by atoms with Crippen LogP contribution in [0.25, 0.3) is 26.4 Å². The first-order chi connectivity index (χ1) is 18.5. The highest BCUT2D eigenvalue weighted by Crippen LogP contribution is 2.33. The summed E-state index contributed by atoms with van der Waals surface area (Å²) < 4.78 is 31.4. The number of aromatic nitrogens is 2. The summed E-state index contributed by atoms with van der Waals surface area (Å²) >= 11 is 1.49. The van der Waals surface area contributed by atoms with Crippen molar-refractivity contribution >= 4 is 32.4 Å². The topological polar surface area (TPSA) is 61.7 Å². The molecule has 0 aliphatic carbocycles. The van der Waals surface area contributed by atoms with Crippen LogP contribution in [0.4, 0.5) is 8.78 Å². The molecule has 2 saturated heterocycles. The number of thiazole rings is 1. The first kappa shape index (κ1) is 25.4. The largest absolute Gasteiger partial charge is 0.352 e. The molecule has 200 valence electrons. The number of hydrogen-bond acceptors (Lipinski definition) is 5. The lowest BCUT2D eigenvalue weighted by molar-refractivity contribution is 0.0924. The standard InChI is InChI=1S/C29H33F2N5OS/c1-18-14-21(30)9-13-35(18)12-3-11-33-28(37)20-6-8-26-27(16-20)38-29-34-25(17-36(26)29)22-7-5-19(15-23(22)31)24-4-2-10-32-24/h5-8,15-18,21,24,32H,2-4,9-14H2,1H3,(H,33,37)/t18?,21?,24-/m1/s1. The summed E-state index contributed by atoms with van der Waals surface area (Å²) in [6.45, 7) is 5.27. The van der Waals surface area contributed by atoms with Gasteiger partial charge in [0.05, 0.1) is 15.9 Å². The number of nitrogens with zero attached hydrogens (tertiary/aromatic N) is 3. The van der Waals surface area contributed by atoms with E-state index in [1.54, 1.807) is 6.07 Å². The van der Waals surface area contributed by atoms with E-state index in [4.69, 9.17) is 4.98 Å². The molecule has 9 heteroatoms. The van der Waals surface area contributed by atoms with Gasteiger partial charge in [-0.25, -0.2) is 13.8 Å². The number of likely N-dealkylation sites (tertiary alicyclic amines) is 1. The minimum absolute atomic E-state index is 0.104. The molecule has 0 radical (unpaired) electrons. The van der Waals surface area contributed by atoms with E-state index in [1.165, 1.54) is 11.3 Å². The van der Waals surface area contributed by atoms with Gasteiger partial charge in [0.2, 0.25) is 0 Å². The zero-order chi connectivity index (χ0) is 26.2. The number of piperidine rings is 1. The first-order valence-corrected chi connectivity index (χ1v) is 14.4. The summed E-state index contributed by atoms with van der Waals surface area (Å²) in [7, 11) is 0. The number of halogens is 2. The van der Waals surface area contributed by atoms with Gasteiger partial charge < -0.3 is 15.5 Å². The van der Waals surface area contributed by atoms with Crippen LogP contribution in [-0.4, -0.2) is 58.6 Å². The second kappa shape index (κ2) is 10.7. The van der Waals surface area contributed by atoms with E-state index < -0.39 is 6.17 Å². The Labute approximate surface area is 225 Å². The maximum Gasteiger partial charge on any atom is 0.251 e. The van der Waals surface area contributed by atoms with Crippen LogP contribution in [0.5, 0.6) is 0 Å². The van der Waals surface area contributed by atoms with E-state index in [0.29, 0.717) is 36.2 Å². The normalized spacial score (nSPS) is 22.4. The second-order valence-corrected chi connectivity index (χ2v) is 11.6. The summed E-state index contributed by atoms with van der Waals surface area (Å²) in [5.74, 6) is -0.361. The smallest absolute Gasteiger partial charge is 0.251 e. The van der Waals surface area contributed by atoms with Crippen molar-refractivity contribution in [1.82, 2.24) is 24.9 Å². The predicted molar refractivity (Wildman–Crippen MR) is 148 cm³/mol. The minimum atomic E-state index is -0.686. The summed E-state index contributed by atoms with van der Waals surface area (Å²) in [5, 5.41) is 6.43. The van der Waals surface area contributed by atoms with Gasteiger partial charge >= 0.3 is 0 Å². The van der Waals surface area contributed by atoms with Crippen LogP contribution in [0.15, 0.2) is 42.6 Å². The molecule has 0 spiro atoms. The number of alkyl halides is 1. The fourth-order valence-electron chi connectivity index (χ4n) is 5.78. The molecule has 0 saturated carbocycles. The molecule has 3 atom stereocenters. The summed E-state index contributed by atoms with van der Waals surface area (Å²) in [4.78, 5) is 20.5. The minimum Gasteiger partial charge on any atom is -0.352 e. The molecule has 2 aromatic carbocycles. The van der Waals surface area contributed by atoms with E-state index in [-0.39, 0.29) is 23.8 Å². The molecule has 4 aromatic rings. The van der Waals surface area contributed by atoms with Crippen LogP contribution in [0.1, 0.15) is 61.0 Å². The van der Waals surface area contributed by atoms with Crippen molar-refractivity contribution in [3.63, 3.8) is 0 Å². The number of amides is 1. The SMILES string of the molecule is CC1CC(F)CCN1CCCNC(=O)c1ccc2c(c1)sc1nc(-c3ccc([C@H]4CCCN4)cc3F)cn12. The number of imidazole rings is 1. The monoisotopic (exact) mass is 537 g/mol. The third-order valence-corrected chi connectivity index (χ3v) is 8.96. The zero-order valence-corrected chi connectivity index (χ0v) is 22.4. The summed E-state index contributed by atoms with van der Waals surface area (Å²) in [6.07, 6.45) is 5.35. The Kier molecular flexibility index (Phi) is 7.16. The maximum absolute atomic E-state index is 15.0. The van der Waals surface area contributed by atoms with E-state index in [0.717, 1.165) is 59.6 Å². The van der Waals surface area contributed by atoms with E-state index in [9.17, 15) is 9.18 Å². The van der Waals surface area contributed by atoms with Gasteiger partial charge in [-0.1, -0.05) is 17.4 Å². The number of carbonyl (C=O) groups excluding carboxylic acids is 1. The molecule has 2 aliphatic rings. The van der Waals surface area contributed by atoms with Crippen molar-refractivity contribution in [1.29, 1.82) is 0 Å². The molecule has 0 bridgehead atoms. The molecule has 2 aliphatic heterocycles. The van der Waals surface area contributed by atoms with Gasteiger partial charge in [-0.15, -0.1) is 0 Å². The summed E-state index contributed by atoms with van der Waals surface area (Å²) in [5.41, 5.74) is 3.63. The lowest BCUT2D eigenvalue weighted by Crippen LogP contribution is -2.42. The Bertz CT molecular complexity index is 1460. The van der Waals surface area contributed by atoms with Crippen LogP contribution < -0.4 is 10.6 Å². The van der Waals surface area contributed by atoms with Crippen molar-refractivity contribution in [2.24, 2.45) is 0 Å². The van der Waals surface area contributed by atoms with Gasteiger partial charge in [0.1, 0.15) is 12.0 Å². The Balaban J connectivity index is 1.11. The highest BCUT2D eigenvalue weighted by molar-refractivity contribution is 7.23. The number of carbonyl (C=O) groups is 1. The first-order valence-electron chi connectivity index (χ1n) is 13.6. The van der Waals surface area contributed by atoms with Gasteiger partial charge in [0.15, 0.2) is 4.96 Å². The number of benzene rings is 2. The highest BCUT2D eigenvalue weighted by atomic mass is 32.1. The van der Waals surface area contributed by atoms with Gasteiger partial charge in [0, 0.05) is 49.0 Å². The van der Waals surface area contributed by atoms with Crippen molar-refractivity contribution in [3.8, 4) is 11.3 Å². The Morgan fingerprint density at radius 3 is 2.92 bits per heavy atom. The van der Waals surface area contributed by atoms with Crippen molar-refractivity contribution in [3.05, 3.63) is 59.5 Å². The van der Waals surface area contributed by atoms with Crippen molar-refractivity contribution in [2.75, 3.05) is 26.2 Å². The number of rotatable bonds is 7. The maximum atomic E-state index is 15.0. The van der Waals surface area contributed by atoms with Gasteiger partial charge in [0.25, 0.3) is 5.91 Å². The third-order valence-electron chi connectivity index (χ3n) is 7.95. The average molecular weight is 538 g/mol. The molecule has 2 unspecified atom stereocenters. The molecular formula is C29H33F2N5OS. The fraction of sp³-hybridized carbons (Fsp3) is 0.448.